The molecular weight excluding hydrogens is 1070 g/mol. The largest absolute Gasteiger partial charge is 0.207 e. The summed E-state index contributed by atoms with van der Waals surface area (Å²) in [5, 5.41) is 0. The Labute approximate surface area is 524 Å². The smallest absolute Gasteiger partial charge is 0.161 e. The minimum Gasteiger partial charge on any atom is -0.207 e. The van der Waals surface area contributed by atoms with E-state index in [9.17, 15) is 26.3 Å². The third-order valence-corrected chi connectivity index (χ3v) is 17.0. The minimum atomic E-state index is -0.736. The molecule has 0 heterocycles. The van der Waals surface area contributed by atoms with Gasteiger partial charge in [0.05, 0.1) is 0 Å². The van der Waals surface area contributed by atoms with E-state index >= 15 is 0 Å². The Balaban J connectivity index is 0.000000944. The summed E-state index contributed by atoms with van der Waals surface area (Å²) in [7, 11) is 0. The molecule has 0 spiro atoms. The first-order valence-corrected chi connectivity index (χ1v) is 32.7. The van der Waals surface area contributed by atoms with Crippen molar-refractivity contribution >= 4 is 0 Å². The maximum absolute atomic E-state index is 12.6. The van der Waals surface area contributed by atoms with Crippen LogP contribution in [0.15, 0.2) is 120 Å². The number of benzene rings is 5. The lowest BCUT2D eigenvalue weighted by molar-refractivity contribution is 0.308. The summed E-state index contributed by atoms with van der Waals surface area (Å²) in [5.74, 6) is 4.99. The van der Waals surface area contributed by atoms with Crippen LogP contribution in [0, 0.1) is 151 Å². The summed E-state index contributed by atoms with van der Waals surface area (Å²) in [6.07, 6.45) is 32.1. The van der Waals surface area contributed by atoms with Crippen LogP contribution in [-0.4, -0.2) is 0 Å². The Kier molecular flexibility index (Phi) is 39.9. The molecule has 0 aliphatic heterocycles. The SMILES string of the molecule is CC1=CCC(C)CC1.CC1=CCC(C)CC1.CC1C=CC(C)CC1.CC1CCC(C)CC1.CC1CCC(C)CC1.Cc1cc(F)c(C)c(F)c1.Cc1ccc(C)c(F)c1.Cc1ccc(C)c(F)c1.Cc1ccc(C)c(F)c1F.Cc1ccc(C)cc1.[HH]. The minimum absolute atomic E-state index is 0. The molecule has 5 aromatic carbocycles. The highest BCUT2D eigenvalue weighted by molar-refractivity contribution is 5.26. The van der Waals surface area contributed by atoms with Gasteiger partial charge in [-0.25, -0.2) is 26.3 Å². The molecule has 10 rings (SSSR count). The van der Waals surface area contributed by atoms with Crippen LogP contribution in [0.4, 0.5) is 26.3 Å². The monoisotopic (exact) mass is 1190 g/mol. The fraction of sp³-hybridized carbons (Fsp3) is 0.550. The van der Waals surface area contributed by atoms with E-state index in [1.807, 2.05) is 26.0 Å². The number of halogens is 6. The Hall–Kier alpha value is -5.10. The van der Waals surface area contributed by atoms with Crippen LogP contribution >= 0.6 is 0 Å². The van der Waals surface area contributed by atoms with Crippen molar-refractivity contribution in [1.29, 1.82) is 0 Å². The first-order valence-electron chi connectivity index (χ1n) is 32.7. The molecule has 5 aliphatic carbocycles. The van der Waals surface area contributed by atoms with Crippen LogP contribution in [0.25, 0.3) is 0 Å². The molecule has 0 amide bonds. The summed E-state index contributed by atoms with van der Waals surface area (Å²) in [4.78, 5) is 0. The molecule has 0 N–H and O–H groups in total. The van der Waals surface area contributed by atoms with Crippen molar-refractivity contribution in [3.63, 3.8) is 0 Å². The molecule has 4 atom stereocenters. The zero-order valence-electron chi connectivity index (χ0n) is 57.6. The molecule has 86 heavy (non-hydrogen) atoms. The van der Waals surface area contributed by atoms with E-state index in [0.29, 0.717) is 27.8 Å². The second-order valence-electron chi connectivity index (χ2n) is 26.8. The highest BCUT2D eigenvalue weighted by Crippen LogP contribution is 2.29. The fourth-order valence-electron chi connectivity index (χ4n) is 9.69. The van der Waals surface area contributed by atoms with Crippen molar-refractivity contribution in [2.75, 3.05) is 0 Å². The van der Waals surface area contributed by atoms with Gasteiger partial charge in [0, 0.05) is 6.99 Å². The summed E-state index contributed by atoms with van der Waals surface area (Å²) in [6.45, 7) is 40.8. The highest BCUT2D eigenvalue weighted by Gasteiger charge is 2.15. The van der Waals surface area contributed by atoms with Crippen molar-refractivity contribution in [2.45, 2.75) is 241 Å². The lowest BCUT2D eigenvalue weighted by Gasteiger charge is -2.22. The van der Waals surface area contributed by atoms with E-state index in [1.165, 1.54) is 159 Å². The first kappa shape index (κ1) is 78.9. The van der Waals surface area contributed by atoms with Crippen molar-refractivity contribution < 1.29 is 27.8 Å². The number of hydrogen-bond donors (Lipinski definition) is 0. The molecule has 4 unspecified atom stereocenters. The number of allylic oxidation sites excluding steroid dienone is 6. The van der Waals surface area contributed by atoms with Gasteiger partial charge in [-0.3, -0.25) is 0 Å². The van der Waals surface area contributed by atoms with Gasteiger partial charge in [0.2, 0.25) is 0 Å². The predicted molar refractivity (Wildman–Crippen MR) is 365 cm³/mol. The van der Waals surface area contributed by atoms with Crippen LogP contribution in [0.5, 0.6) is 0 Å². The number of rotatable bonds is 0. The lowest BCUT2D eigenvalue weighted by Crippen LogP contribution is -2.08. The van der Waals surface area contributed by atoms with E-state index < -0.39 is 23.3 Å². The summed E-state index contributed by atoms with van der Waals surface area (Å²) < 4.78 is 75.6. The van der Waals surface area contributed by atoms with Crippen molar-refractivity contribution in [3.05, 3.63) is 211 Å². The lowest BCUT2D eigenvalue weighted by atomic mass is 9.84. The van der Waals surface area contributed by atoms with Gasteiger partial charge in [-0.15, -0.1) is 0 Å². The van der Waals surface area contributed by atoms with Crippen LogP contribution in [0.3, 0.4) is 0 Å². The van der Waals surface area contributed by atoms with Gasteiger partial charge in [0.25, 0.3) is 0 Å². The van der Waals surface area contributed by atoms with Gasteiger partial charge in [-0.1, -0.05) is 214 Å². The van der Waals surface area contributed by atoms with Gasteiger partial charge < -0.3 is 0 Å². The quantitative estimate of drug-likeness (QED) is 0.107. The normalized spacial score (nSPS) is 21.7. The molecular formula is C80H120F6. The van der Waals surface area contributed by atoms with Gasteiger partial charge in [0.1, 0.15) is 23.3 Å². The van der Waals surface area contributed by atoms with E-state index in [0.717, 1.165) is 58.5 Å². The third-order valence-electron chi connectivity index (χ3n) is 17.0. The van der Waals surface area contributed by atoms with Crippen LogP contribution in [0.1, 0.15) is 229 Å². The van der Waals surface area contributed by atoms with E-state index in [4.69, 9.17) is 0 Å². The topological polar surface area (TPSA) is 0 Å². The molecule has 0 aromatic heterocycles. The van der Waals surface area contributed by atoms with Gasteiger partial charge in [0.15, 0.2) is 11.6 Å². The Morgan fingerprint density at radius 3 is 0.791 bits per heavy atom. The zero-order chi connectivity index (χ0) is 65.1. The Morgan fingerprint density at radius 1 is 0.291 bits per heavy atom. The maximum atomic E-state index is 12.6. The second-order valence-corrected chi connectivity index (χ2v) is 26.8. The molecule has 2 fully saturated rings. The van der Waals surface area contributed by atoms with E-state index in [2.05, 4.69) is 132 Å². The summed E-state index contributed by atoms with van der Waals surface area (Å²) >= 11 is 0. The van der Waals surface area contributed by atoms with E-state index in [-0.39, 0.29) is 18.6 Å². The van der Waals surface area contributed by atoms with E-state index in [1.54, 1.807) is 56.2 Å². The molecule has 0 bridgehead atoms. The first-order chi connectivity index (χ1) is 40.4. The van der Waals surface area contributed by atoms with Crippen molar-refractivity contribution in [3.8, 4) is 0 Å². The molecule has 5 aliphatic rings. The second kappa shape index (κ2) is 43.5. The molecule has 5 aromatic rings. The van der Waals surface area contributed by atoms with Crippen molar-refractivity contribution in [2.24, 2.45) is 47.3 Å². The van der Waals surface area contributed by atoms with Crippen LogP contribution < -0.4 is 0 Å². The molecule has 6 heteroatoms. The molecule has 0 saturated heterocycles. The summed E-state index contributed by atoms with van der Waals surface area (Å²) in [6, 6.07) is 24.7. The van der Waals surface area contributed by atoms with Gasteiger partial charge >= 0.3 is 0 Å². The fourth-order valence-corrected chi connectivity index (χ4v) is 9.69. The van der Waals surface area contributed by atoms with Gasteiger partial charge in [-0.2, -0.15) is 0 Å². The third kappa shape index (κ3) is 36.9. The molecule has 482 valence electrons. The van der Waals surface area contributed by atoms with Crippen LogP contribution in [0.2, 0.25) is 0 Å². The average Bonchev–Trinajstić information content (AvgIpc) is 3.60. The summed E-state index contributed by atoms with van der Waals surface area (Å²) in [5.41, 5.74) is 10.6. The maximum Gasteiger partial charge on any atom is 0.161 e. The van der Waals surface area contributed by atoms with Gasteiger partial charge in [-0.05, 0) is 245 Å². The molecule has 0 nitrogen and oxygen atoms in total. The standard InChI is InChI=1S/2C8H8F2.2C8H9F.2C8H16.3C8H14.C8H10.H2/c1-5-3-7(9)6(2)8(10)4-5;1-5-3-4-6(2)8(10)7(5)9;2*1-6-3-4-7(2)8(9)5-6;6*1-7-3-5-8(2)6-4-7;/h2*3-4H,1-2H3;2*3-5H,1-2H3;2*7-8H,3-6H2,1-2H3;2*3,8H,4-6H2,1-2H3;3,5,7-8H,4,6H2,1-2H3;3-6H,1-2H3;1H. The predicted octanol–water partition coefficient (Wildman–Crippen LogP) is 26.4. The molecule has 0 radical (unpaired) electrons. The van der Waals surface area contributed by atoms with Crippen molar-refractivity contribution in [1.82, 2.24) is 0 Å². The average molecular weight is 1200 g/mol. The Morgan fingerprint density at radius 2 is 0.558 bits per heavy atom. The molecule has 2 saturated carbocycles. The van der Waals surface area contributed by atoms with Crippen LogP contribution in [-0.2, 0) is 0 Å². The highest BCUT2D eigenvalue weighted by atomic mass is 19.2. The zero-order valence-corrected chi connectivity index (χ0v) is 57.6. The Bertz CT molecular complexity index is 2530. The number of hydrogen-bond acceptors (Lipinski definition) is 0. The number of aryl methyl sites for hydroxylation is 9.